The summed E-state index contributed by atoms with van der Waals surface area (Å²) in [5.74, 6) is -0.948. The molecule has 0 aliphatic carbocycles. The lowest BCUT2D eigenvalue weighted by Gasteiger charge is -2.05. The van der Waals surface area contributed by atoms with Crippen molar-refractivity contribution in [1.29, 1.82) is 0 Å². The van der Waals surface area contributed by atoms with Crippen LogP contribution in [0.25, 0.3) is 16.9 Å². The summed E-state index contributed by atoms with van der Waals surface area (Å²) < 4.78 is 1.73. The van der Waals surface area contributed by atoms with Crippen molar-refractivity contribution in [3.05, 3.63) is 72.2 Å². The Morgan fingerprint density at radius 3 is 2.52 bits per heavy atom. The minimum absolute atomic E-state index is 0.255. The number of para-hydroxylation sites is 1. The number of rotatable bonds is 3. The van der Waals surface area contributed by atoms with E-state index in [0.717, 1.165) is 11.3 Å². The molecule has 104 valence electrons. The molecule has 0 spiro atoms. The van der Waals surface area contributed by atoms with Gasteiger partial charge < -0.3 is 9.67 Å². The van der Waals surface area contributed by atoms with Crippen LogP contribution in [0.4, 0.5) is 0 Å². The Bertz CT molecular complexity index is 789. The van der Waals surface area contributed by atoms with Crippen LogP contribution in [0.3, 0.4) is 0 Å². The predicted octanol–water partition coefficient (Wildman–Crippen LogP) is 3.55. The Morgan fingerprint density at radius 1 is 1.10 bits per heavy atom. The van der Waals surface area contributed by atoms with E-state index in [1.54, 1.807) is 29.1 Å². The highest BCUT2D eigenvalue weighted by atomic mass is 16.4. The Hall–Kier alpha value is -2.88. The van der Waals surface area contributed by atoms with Gasteiger partial charge in [0.25, 0.3) is 0 Å². The van der Waals surface area contributed by atoms with Crippen molar-refractivity contribution in [2.24, 2.45) is 0 Å². The van der Waals surface area contributed by atoms with E-state index in [-0.39, 0.29) is 5.56 Å². The number of carboxylic acid groups (broad SMARTS) is 1. The van der Waals surface area contributed by atoms with Gasteiger partial charge in [0, 0.05) is 11.8 Å². The second-order valence-electron chi connectivity index (χ2n) is 4.85. The molecular formula is C17H14N2O2. The molecule has 3 aromatic rings. The van der Waals surface area contributed by atoms with Crippen LogP contribution in [0.2, 0.25) is 0 Å². The molecule has 0 fully saturated rings. The first kappa shape index (κ1) is 13.1. The molecule has 2 aromatic carbocycles. The van der Waals surface area contributed by atoms with Gasteiger partial charge in [0.2, 0.25) is 0 Å². The molecule has 0 radical (unpaired) electrons. The van der Waals surface area contributed by atoms with Crippen molar-refractivity contribution in [3.8, 4) is 16.9 Å². The number of aromatic nitrogens is 2. The molecule has 3 rings (SSSR count). The van der Waals surface area contributed by atoms with E-state index in [9.17, 15) is 9.90 Å². The normalized spacial score (nSPS) is 10.5. The van der Waals surface area contributed by atoms with E-state index in [1.807, 2.05) is 43.5 Å². The highest BCUT2D eigenvalue weighted by Gasteiger charge is 2.11. The van der Waals surface area contributed by atoms with Gasteiger partial charge in [0.15, 0.2) is 0 Å². The zero-order chi connectivity index (χ0) is 14.8. The Balaban J connectivity index is 2.03. The summed E-state index contributed by atoms with van der Waals surface area (Å²) in [5, 5.41) is 9.25. The third kappa shape index (κ3) is 2.56. The number of hydrogen-bond acceptors (Lipinski definition) is 2. The van der Waals surface area contributed by atoms with Gasteiger partial charge in [-0.1, -0.05) is 42.0 Å². The van der Waals surface area contributed by atoms with Gasteiger partial charge in [-0.2, -0.15) is 0 Å². The van der Waals surface area contributed by atoms with E-state index in [2.05, 4.69) is 4.98 Å². The van der Waals surface area contributed by atoms with E-state index >= 15 is 0 Å². The van der Waals surface area contributed by atoms with Crippen LogP contribution in [0.1, 0.15) is 15.9 Å². The molecule has 0 aliphatic rings. The molecule has 1 N–H and O–H groups in total. The molecule has 21 heavy (non-hydrogen) atoms. The predicted molar refractivity (Wildman–Crippen MR) is 80.7 cm³/mol. The van der Waals surface area contributed by atoms with Crippen LogP contribution in [-0.2, 0) is 0 Å². The maximum atomic E-state index is 11.3. The molecule has 1 heterocycles. The maximum absolute atomic E-state index is 11.3. The van der Waals surface area contributed by atoms with Gasteiger partial charge in [-0.3, -0.25) is 0 Å². The van der Waals surface area contributed by atoms with Crippen LogP contribution >= 0.6 is 0 Å². The van der Waals surface area contributed by atoms with Crippen LogP contribution < -0.4 is 0 Å². The fraction of sp³-hybridized carbons (Fsp3) is 0.0588. The molecule has 0 unspecified atom stereocenters. The van der Waals surface area contributed by atoms with Crippen molar-refractivity contribution in [3.63, 3.8) is 0 Å². The largest absolute Gasteiger partial charge is 0.478 e. The number of imidazole rings is 1. The number of carboxylic acids is 1. The fourth-order valence-electron chi connectivity index (χ4n) is 2.21. The molecule has 0 amide bonds. The van der Waals surface area contributed by atoms with E-state index < -0.39 is 5.97 Å². The van der Waals surface area contributed by atoms with Gasteiger partial charge >= 0.3 is 5.97 Å². The molecule has 4 heteroatoms. The minimum atomic E-state index is -0.948. The van der Waals surface area contributed by atoms with E-state index in [4.69, 9.17) is 0 Å². The average Bonchev–Trinajstić information content (AvgIpc) is 2.97. The first-order valence-electron chi connectivity index (χ1n) is 6.59. The standard InChI is InChI=1S/C17H14N2O2/c1-12-6-8-13(9-7-12)15-10-19(11-18-15)16-5-3-2-4-14(16)17(20)21/h2-11H,1H3,(H,20,21). The number of benzene rings is 2. The number of hydrogen-bond donors (Lipinski definition) is 1. The molecular weight excluding hydrogens is 264 g/mol. The van der Waals surface area contributed by atoms with Gasteiger partial charge in [-0.15, -0.1) is 0 Å². The summed E-state index contributed by atoms with van der Waals surface area (Å²) in [7, 11) is 0. The van der Waals surface area contributed by atoms with Crippen molar-refractivity contribution in [2.45, 2.75) is 6.92 Å². The molecule has 0 saturated carbocycles. The molecule has 4 nitrogen and oxygen atoms in total. The van der Waals surface area contributed by atoms with Crippen molar-refractivity contribution < 1.29 is 9.90 Å². The first-order valence-corrected chi connectivity index (χ1v) is 6.59. The van der Waals surface area contributed by atoms with Crippen LogP contribution in [0, 0.1) is 6.92 Å². The third-order valence-corrected chi connectivity index (χ3v) is 3.34. The van der Waals surface area contributed by atoms with Gasteiger partial charge in [-0.25, -0.2) is 9.78 Å². The zero-order valence-electron chi connectivity index (χ0n) is 11.5. The first-order chi connectivity index (χ1) is 10.1. The summed E-state index contributed by atoms with van der Waals surface area (Å²) in [6.07, 6.45) is 3.48. The number of carbonyl (C=O) groups is 1. The summed E-state index contributed by atoms with van der Waals surface area (Å²) in [5.41, 5.74) is 3.87. The van der Waals surface area contributed by atoms with Crippen molar-refractivity contribution in [2.75, 3.05) is 0 Å². The quantitative estimate of drug-likeness (QED) is 0.797. The molecule has 0 aliphatic heterocycles. The zero-order valence-corrected chi connectivity index (χ0v) is 11.5. The molecule has 1 aromatic heterocycles. The maximum Gasteiger partial charge on any atom is 0.337 e. The summed E-state index contributed by atoms with van der Waals surface area (Å²) >= 11 is 0. The fourth-order valence-corrected chi connectivity index (χ4v) is 2.21. The lowest BCUT2D eigenvalue weighted by molar-refractivity contribution is 0.0697. The van der Waals surface area contributed by atoms with E-state index in [1.165, 1.54) is 5.56 Å². The topological polar surface area (TPSA) is 55.1 Å². The van der Waals surface area contributed by atoms with E-state index in [0.29, 0.717) is 5.69 Å². The van der Waals surface area contributed by atoms with Crippen LogP contribution in [0.15, 0.2) is 61.1 Å². The molecule has 0 atom stereocenters. The van der Waals surface area contributed by atoms with Gasteiger partial charge in [0.1, 0.15) is 0 Å². The monoisotopic (exact) mass is 278 g/mol. The minimum Gasteiger partial charge on any atom is -0.478 e. The summed E-state index contributed by atoms with van der Waals surface area (Å²) in [4.78, 5) is 15.6. The average molecular weight is 278 g/mol. The third-order valence-electron chi connectivity index (χ3n) is 3.34. The van der Waals surface area contributed by atoms with Gasteiger partial charge in [-0.05, 0) is 19.1 Å². The summed E-state index contributed by atoms with van der Waals surface area (Å²) in [6.45, 7) is 2.03. The molecule has 0 saturated heterocycles. The lowest BCUT2D eigenvalue weighted by atomic mass is 10.1. The second kappa shape index (κ2) is 5.25. The van der Waals surface area contributed by atoms with Crippen molar-refractivity contribution in [1.82, 2.24) is 9.55 Å². The Morgan fingerprint density at radius 2 is 1.81 bits per heavy atom. The number of nitrogens with zero attached hydrogens (tertiary/aromatic N) is 2. The second-order valence-corrected chi connectivity index (χ2v) is 4.85. The van der Waals surface area contributed by atoms with Crippen LogP contribution in [0.5, 0.6) is 0 Å². The SMILES string of the molecule is Cc1ccc(-c2cn(-c3ccccc3C(=O)O)cn2)cc1. The highest BCUT2D eigenvalue weighted by molar-refractivity contribution is 5.91. The smallest absolute Gasteiger partial charge is 0.337 e. The van der Waals surface area contributed by atoms with Crippen molar-refractivity contribution >= 4 is 5.97 Å². The molecule has 0 bridgehead atoms. The Kier molecular flexibility index (Phi) is 3.28. The van der Waals surface area contributed by atoms with Crippen LogP contribution in [-0.4, -0.2) is 20.6 Å². The highest BCUT2D eigenvalue weighted by Crippen LogP contribution is 2.21. The number of aryl methyl sites for hydroxylation is 1. The Labute approximate surface area is 122 Å². The van der Waals surface area contributed by atoms with Gasteiger partial charge in [0.05, 0.1) is 23.3 Å². The number of aromatic carboxylic acids is 1. The summed E-state index contributed by atoms with van der Waals surface area (Å²) in [6, 6.07) is 14.9. The lowest BCUT2D eigenvalue weighted by Crippen LogP contribution is -2.03.